The monoisotopic (exact) mass is 694 g/mol. The molecule has 2 aromatic rings. The van der Waals surface area contributed by atoms with Crippen molar-refractivity contribution < 1.29 is 39.9 Å². The van der Waals surface area contributed by atoms with Crippen LogP contribution in [0.25, 0.3) is 0 Å². The molecule has 47 heavy (non-hydrogen) atoms. The van der Waals surface area contributed by atoms with E-state index >= 15 is 0 Å². The van der Waals surface area contributed by atoms with Crippen molar-refractivity contribution in [1.82, 2.24) is 10.2 Å². The number of hydrogen-bond donors (Lipinski definition) is 6. The molecule has 0 saturated heterocycles. The number of halogens is 2. The lowest BCUT2D eigenvalue weighted by atomic mass is 10.0. The third-order valence-electron chi connectivity index (χ3n) is 9.22. The van der Waals surface area contributed by atoms with E-state index in [9.17, 15) is 30.0 Å². The van der Waals surface area contributed by atoms with Crippen molar-refractivity contribution in [3.05, 3.63) is 52.0 Å². The highest BCUT2D eigenvalue weighted by atomic mass is 35.5. The number of para-hydroxylation sites is 2. The SMILES string of the molecule is CN(C[C@H](O)[C@@H](O)[C@H](O)[C@H](O)CO)C(=O)NCCCc1cc(Cl)c(OCC2(C(=O)N3CCN(C4CC4)c4ccccc43)CC2)cc1Cl. The average Bonchev–Trinajstić information content (AvgIpc) is 4.01. The summed E-state index contributed by atoms with van der Waals surface area (Å²) in [7, 11) is 1.41. The average molecular weight is 696 g/mol. The number of benzene rings is 2. The summed E-state index contributed by atoms with van der Waals surface area (Å²) < 4.78 is 6.12. The van der Waals surface area contributed by atoms with E-state index in [1.807, 2.05) is 23.1 Å². The van der Waals surface area contributed by atoms with Crippen LogP contribution in [0.4, 0.5) is 16.2 Å². The van der Waals surface area contributed by atoms with Gasteiger partial charge in [0.15, 0.2) is 0 Å². The van der Waals surface area contributed by atoms with Crippen LogP contribution in [0.1, 0.15) is 37.7 Å². The Morgan fingerprint density at radius 3 is 2.36 bits per heavy atom. The minimum atomic E-state index is -1.77. The van der Waals surface area contributed by atoms with Gasteiger partial charge in [-0.15, -0.1) is 0 Å². The Balaban J connectivity index is 1.09. The molecule has 258 valence electrons. The fourth-order valence-electron chi connectivity index (χ4n) is 5.95. The Labute approximate surface area is 284 Å². The van der Waals surface area contributed by atoms with Gasteiger partial charge < -0.3 is 50.3 Å². The second kappa shape index (κ2) is 15.1. The molecule has 2 aromatic carbocycles. The molecule has 0 bridgehead atoms. The number of aryl methyl sites for hydroxylation is 1. The van der Waals surface area contributed by atoms with E-state index in [-0.39, 0.29) is 25.6 Å². The molecule has 2 saturated carbocycles. The fraction of sp³-hybridized carbons (Fsp3) is 0.576. The number of ether oxygens (including phenoxy) is 1. The lowest BCUT2D eigenvalue weighted by molar-refractivity contribution is -0.124. The largest absolute Gasteiger partial charge is 0.491 e. The smallest absolute Gasteiger partial charge is 0.317 e. The third-order valence-corrected chi connectivity index (χ3v) is 9.87. The molecule has 1 heterocycles. The first-order valence-electron chi connectivity index (χ1n) is 16.1. The topological polar surface area (TPSA) is 166 Å². The molecule has 6 N–H and O–H groups in total. The molecule has 3 amide bonds. The Kier molecular flexibility index (Phi) is 11.4. The highest BCUT2D eigenvalue weighted by Gasteiger charge is 2.54. The molecular weight excluding hydrogens is 651 g/mol. The van der Waals surface area contributed by atoms with Crippen molar-refractivity contribution >= 4 is 46.5 Å². The third kappa shape index (κ3) is 8.25. The number of carbonyl (C=O) groups is 2. The summed E-state index contributed by atoms with van der Waals surface area (Å²) in [5, 5.41) is 51.7. The van der Waals surface area contributed by atoms with Crippen molar-refractivity contribution in [2.75, 3.05) is 56.2 Å². The summed E-state index contributed by atoms with van der Waals surface area (Å²) in [4.78, 5) is 31.7. The number of aliphatic hydroxyl groups excluding tert-OH is 5. The number of nitrogens with zero attached hydrogens (tertiary/aromatic N) is 3. The number of anilines is 2. The van der Waals surface area contributed by atoms with Gasteiger partial charge in [0, 0.05) is 43.8 Å². The van der Waals surface area contributed by atoms with Crippen molar-refractivity contribution in [2.24, 2.45) is 5.41 Å². The van der Waals surface area contributed by atoms with E-state index in [1.165, 1.54) is 19.9 Å². The van der Waals surface area contributed by atoms with Gasteiger partial charge in [0.25, 0.3) is 0 Å². The van der Waals surface area contributed by atoms with Crippen molar-refractivity contribution in [3.63, 3.8) is 0 Å². The molecule has 2 aliphatic carbocycles. The highest BCUT2D eigenvalue weighted by Crippen LogP contribution is 2.50. The first kappa shape index (κ1) is 35.5. The van der Waals surface area contributed by atoms with E-state index < -0.39 is 42.5 Å². The van der Waals surface area contributed by atoms with Gasteiger partial charge in [0.1, 0.15) is 36.8 Å². The van der Waals surface area contributed by atoms with Crippen LogP contribution in [-0.2, 0) is 11.2 Å². The normalized spacial score (nSPS) is 19.3. The Morgan fingerprint density at radius 2 is 1.70 bits per heavy atom. The minimum absolute atomic E-state index is 0.0794. The van der Waals surface area contributed by atoms with Crippen LogP contribution < -0.4 is 19.9 Å². The second-order valence-electron chi connectivity index (χ2n) is 12.8. The Hall–Kier alpha value is -2.84. The predicted molar refractivity (Wildman–Crippen MR) is 178 cm³/mol. The van der Waals surface area contributed by atoms with Crippen LogP contribution in [0.3, 0.4) is 0 Å². The first-order chi connectivity index (χ1) is 22.5. The summed E-state index contributed by atoms with van der Waals surface area (Å²) in [6, 6.07) is 11.6. The van der Waals surface area contributed by atoms with Gasteiger partial charge in [0.05, 0.1) is 35.0 Å². The summed E-state index contributed by atoms with van der Waals surface area (Å²) in [5.41, 5.74) is 2.25. The molecule has 14 heteroatoms. The summed E-state index contributed by atoms with van der Waals surface area (Å²) in [5.74, 6) is 0.487. The Bertz CT molecular complexity index is 1430. The predicted octanol–water partition coefficient (Wildman–Crippen LogP) is 2.18. The van der Waals surface area contributed by atoms with Gasteiger partial charge in [-0.1, -0.05) is 35.3 Å². The number of amides is 3. The fourth-order valence-corrected chi connectivity index (χ4v) is 6.44. The van der Waals surface area contributed by atoms with E-state index in [1.54, 1.807) is 12.1 Å². The standard InChI is InChI=1S/C33H44Cl2N4O8/c1-37(17-26(41)29(43)30(44)27(42)18-40)32(46)36-12-4-5-20-15-23(35)28(16-22(20)34)47-19-33(10-11-33)31(45)39-14-13-38(21-8-9-21)24-6-2-3-7-25(24)39/h2-3,6-7,15-16,21,26-27,29-30,40-44H,4-5,8-14,17-19H2,1H3,(H,36,46)/t26-,27+,29+,30+/m0/s1. The van der Waals surface area contributed by atoms with E-state index in [0.717, 1.165) is 41.2 Å². The van der Waals surface area contributed by atoms with Crippen LogP contribution in [0.5, 0.6) is 5.75 Å². The maximum Gasteiger partial charge on any atom is 0.317 e. The number of carbonyl (C=O) groups excluding carboxylic acids is 2. The zero-order chi connectivity index (χ0) is 33.9. The van der Waals surface area contributed by atoms with Gasteiger partial charge in [-0.3, -0.25) is 4.79 Å². The Morgan fingerprint density at radius 1 is 1.02 bits per heavy atom. The van der Waals surface area contributed by atoms with Gasteiger partial charge in [-0.2, -0.15) is 0 Å². The minimum Gasteiger partial charge on any atom is -0.491 e. The highest BCUT2D eigenvalue weighted by molar-refractivity contribution is 6.34. The molecule has 0 spiro atoms. The number of aliphatic hydroxyl groups is 5. The van der Waals surface area contributed by atoms with E-state index in [0.29, 0.717) is 41.2 Å². The van der Waals surface area contributed by atoms with Gasteiger partial charge >= 0.3 is 6.03 Å². The number of urea groups is 1. The number of likely N-dealkylation sites (N-methyl/N-ethyl adjacent to an activating group) is 1. The zero-order valence-corrected chi connectivity index (χ0v) is 27.9. The summed E-state index contributed by atoms with van der Waals surface area (Å²) in [6.45, 7) is 0.854. The molecule has 3 aliphatic rings. The van der Waals surface area contributed by atoms with Crippen LogP contribution in [0.15, 0.2) is 36.4 Å². The van der Waals surface area contributed by atoms with Crippen molar-refractivity contribution in [1.29, 1.82) is 0 Å². The van der Waals surface area contributed by atoms with E-state index in [4.69, 9.17) is 33.0 Å². The molecule has 1 aliphatic heterocycles. The second-order valence-corrected chi connectivity index (χ2v) is 13.6. The van der Waals surface area contributed by atoms with Crippen molar-refractivity contribution in [3.8, 4) is 5.75 Å². The number of nitrogens with one attached hydrogen (secondary N) is 1. The van der Waals surface area contributed by atoms with Crippen LogP contribution in [0.2, 0.25) is 10.0 Å². The number of fused-ring (bicyclic) bond motifs is 1. The maximum atomic E-state index is 13.8. The van der Waals surface area contributed by atoms with Crippen molar-refractivity contribution in [2.45, 2.75) is 69.0 Å². The van der Waals surface area contributed by atoms with Gasteiger partial charge in [0.2, 0.25) is 5.91 Å². The van der Waals surface area contributed by atoms with Crippen LogP contribution in [0, 0.1) is 5.41 Å². The van der Waals surface area contributed by atoms with E-state index in [2.05, 4.69) is 16.3 Å². The molecule has 0 radical (unpaired) electrons. The summed E-state index contributed by atoms with van der Waals surface area (Å²) in [6.07, 6.45) is -1.78. The molecule has 12 nitrogen and oxygen atoms in total. The van der Waals surface area contributed by atoms with Gasteiger partial charge in [-0.05, 0) is 62.3 Å². The molecule has 0 aromatic heterocycles. The molecule has 0 unspecified atom stereocenters. The number of rotatable bonds is 15. The number of hydrogen-bond acceptors (Lipinski definition) is 9. The zero-order valence-electron chi connectivity index (χ0n) is 26.4. The van der Waals surface area contributed by atoms with Crippen LogP contribution >= 0.6 is 23.2 Å². The lowest BCUT2D eigenvalue weighted by Crippen LogP contribution is -2.51. The first-order valence-corrected chi connectivity index (χ1v) is 16.8. The molecule has 2 fully saturated rings. The molecular formula is C33H44Cl2N4O8. The van der Waals surface area contributed by atoms with Gasteiger partial charge in [-0.25, -0.2) is 4.79 Å². The lowest BCUT2D eigenvalue weighted by Gasteiger charge is -2.39. The molecule has 5 rings (SSSR count). The quantitative estimate of drug-likeness (QED) is 0.153. The van der Waals surface area contributed by atoms with Crippen LogP contribution in [-0.4, -0.2) is 119 Å². The maximum absolute atomic E-state index is 13.8. The summed E-state index contributed by atoms with van der Waals surface area (Å²) >= 11 is 13.1. The molecule has 4 atom stereocenters.